The second-order valence-corrected chi connectivity index (χ2v) is 6.76. The molecule has 3 rings (SSSR count). The number of hydrogen-bond donors (Lipinski definition) is 1. The number of nitrogens with zero attached hydrogens (tertiary/aromatic N) is 2. The predicted molar refractivity (Wildman–Crippen MR) is 91.8 cm³/mol. The summed E-state index contributed by atoms with van der Waals surface area (Å²) < 4.78 is 7.95. The fourth-order valence-corrected chi connectivity index (χ4v) is 3.61. The lowest BCUT2D eigenvalue weighted by atomic mass is 9.87. The maximum absolute atomic E-state index is 5.89. The zero-order valence-electron chi connectivity index (χ0n) is 13.5. The summed E-state index contributed by atoms with van der Waals surface area (Å²) in [6, 6.07) is 0. The minimum atomic E-state index is 0. The van der Waals surface area contributed by atoms with Gasteiger partial charge in [0.05, 0.1) is 19.0 Å². The summed E-state index contributed by atoms with van der Waals surface area (Å²) in [6.45, 7) is 4.12. The highest BCUT2D eigenvalue weighted by Crippen LogP contribution is 2.26. The van der Waals surface area contributed by atoms with Gasteiger partial charge in [-0.3, -0.25) is 4.68 Å². The molecule has 2 aliphatic rings. The second-order valence-electron chi connectivity index (χ2n) is 6.76. The fraction of sp³-hybridized carbons (Fsp3) is 0.824. The van der Waals surface area contributed by atoms with E-state index in [0.717, 1.165) is 37.9 Å². The Morgan fingerprint density at radius 3 is 2.73 bits per heavy atom. The van der Waals surface area contributed by atoms with Crippen molar-refractivity contribution >= 4 is 12.4 Å². The van der Waals surface area contributed by atoms with Crippen LogP contribution in [0.5, 0.6) is 5.75 Å². The Labute approximate surface area is 140 Å². The molecule has 0 spiro atoms. The molecule has 0 bridgehead atoms. The minimum absolute atomic E-state index is 0. The topological polar surface area (TPSA) is 39.1 Å². The van der Waals surface area contributed by atoms with Crippen LogP contribution in [-0.2, 0) is 6.54 Å². The van der Waals surface area contributed by atoms with Gasteiger partial charge in [-0.25, -0.2) is 0 Å². The standard InChI is InChI=1S/C17H29N3O.ClH/c1-2-5-15(6-3-1)8-10-20-13-17(12-19-20)21-14-16-7-4-9-18-11-16;/h12-13,15-16,18H,1-11,14H2;1H. The second kappa shape index (κ2) is 9.41. The Bertz CT molecular complexity index is 375. The van der Waals surface area contributed by atoms with E-state index < -0.39 is 0 Å². The van der Waals surface area contributed by atoms with Crippen LogP contribution >= 0.6 is 12.4 Å². The normalized spacial score (nSPS) is 23.0. The molecule has 1 saturated carbocycles. The van der Waals surface area contributed by atoms with Crippen molar-refractivity contribution in [1.82, 2.24) is 15.1 Å². The van der Waals surface area contributed by atoms with Gasteiger partial charge in [0.15, 0.2) is 5.75 Å². The summed E-state index contributed by atoms with van der Waals surface area (Å²) in [7, 11) is 0. The van der Waals surface area contributed by atoms with Gasteiger partial charge < -0.3 is 10.1 Å². The molecular weight excluding hydrogens is 298 g/mol. The third-order valence-corrected chi connectivity index (χ3v) is 4.99. The van der Waals surface area contributed by atoms with Gasteiger partial charge in [-0.05, 0) is 31.7 Å². The number of piperidine rings is 1. The van der Waals surface area contributed by atoms with E-state index >= 15 is 0 Å². The Morgan fingerprint density at radius 2 is 1.95 bits per heavy atom. The molecule has 1 aromatic rings. The quantitative estimate of drug-likeness (QED) is 0.866. The molecule has 1 aromatic heterocycles. The van der Waals surface area contributed by atoms with Crippen LogP contribution < -0.4 is 10.1 Å². The molecule has 2 heterocycles. The first-order valence-corrected chi connectivity index (χ1v) is 8.76. The summed E-state index contributed by atoms with van der Waals surface area (Å²) in [6.07, 6.45) is 14.9. The Morgan fingerprint density at radius 1 is 1.14 bits per heavy atom. The van der Waals surface area contributed by atoms with E-state index in [1.54, 1.807) is 0 Å². The average Bonchev–Trinajstić information content (AvgIpc) is 3.01. The van der Waals surface area contributed by atoms with Gasteiger partial charge in [0.2, 0.25) is 0 Å². The molecule has 1 atom stereocenters. The molecule has 1 aliphatic carbocycles. The number of aromatic nitrogens is 2. The first kappa shape index (κ1) is 17.6. The summed E-state index contributed by atoms with van der Waals surface area (Å²) >= 11 is 0. The van der Waals surface area contributed by atoms with Gasteiger partial charge in [-0.1, -0.05) is 32.1 Å². The van der Waals surface area contributed by atoms with Gasteiger partial charge in [-0.15, -0.1) is 12.4 Å². The molecular formula is C17H30ClN3O. The van der Waals surface area contributed by atoms with Crippen molar-refractivity contribution in [2.75, 3.05) is 19.7 Å². The number of ether oxygens (including phenoxy) is 1. The molecule has 4 nitrogen and oxygen atoms in total. The van der Waals surface area contributed by atoms with Gasteiger partial charge in [0.25, 0.3) is 0 Å². The molecule has 126 valence electrons. The average molecular weight is 328 g/mol. The highest BCUT2D eigenvalue weighted by Gasteiger charge is 2.15. The van der Waals surface area contributed by atoms with Gasteiger partial charge >= 0.3 is 0 Å². The number of aryl methyl sites for hydroxylation is 1. The number of nitrogens with one attached hydrogen (secondary N) is 1. The lowest BCUT2D eigenvalue weighted by molar-refractivity contribution is 0.218. The van der Waals surface area contributed by atoms with E-state index in [0.29, 0.717) is 5.92 Å². The molecule has 1 aliphatic heterocycles. The first-order chi connectivity index (χ1) is 10.4. The van der Waals surface area contributed by atoms with Crippen molar-refractivity contribution < 1.29 is 4.74 Å². The van der Waals surface area contributed by atoms with E-state index in [1.807, 2.05) is 6.20 Å². The van der Waals surface area contributed by atoms with Crippen LogP contribution in [0.4, 0.5) is 0 Å². The van der Waals surface area contributed by atoms with Gasteiger partial charge in [0, 0.05) is 19.0 Å². The molecule has 22 heavy (non-hydrogen) atoms. The highest BCUT2D eigenvalue weighted by atomic mass is 35.5. The monoisotopic (exact) mass is 327 g/mol. The molecule has 0 amide bonds. The van der Waals surface area contributed by atoms with Crippen LogP contribution in [0.3, 0.4) is 0 Å². The number of rotatable bonds is 6. The number of halogens is 1. The van der Waals surface area contributed by atoms with E-state index in [1.165, 1.54) is 51.4 Å². The smallest absolute Gasteiger partial charge is 0.157 e. The van der Waals surface area contributed by atoms with Crippen LogP contribution in [0, 0.1) is 11.8 Å². The van der Waals surface area contributed by atoms with Crippen LogP contribution in [0.2, 0.25) is 0 Å². The van der Waals surface area contributed by atoms with Gasteiger partial charge in [0.1, 0.15) is 0 Å². The summed E-state index contributed by atoms with van der Waals surface area (Å²) in [5.41, 5.74) is 0. The third kappa shape index (κ3) is 5.47. The van der Waals surface area contributed by atoms with Crippen molar-refractivity contribution in [1.29, 1.82) is 0 Å². The Balaban J connectivity index is 0.00000176. The summed E-state index contributed by atoms with van der Waals surface area (Å²) in [4.78, 5) is 0. The SMILES string of the molecule is Cl.c1nn(CCC2CCCCC2)cc1OCC1CCCNC1. The van der Waals surface area contributed by atoms with E-state index in [4.69, 9.17) is 4.74 Å². The van der Waals surface area contributed by atoms with Gasteiger partial charge in [-0.2, -0.15) is 5.10 Å². The number of hydrogen-bond acceptors (Lipinski definition) is 3. The molecule has 1 unspecified atom stereocenters. The maximum atomic E-state index is 5.89. The molecule has 0 radical (unpaired) electrons. The van der Waals surface area contributed by atoms with Crippen molar-refractivity contribution in [3.05, 3.63) is 12.4 Å². The van der Waals surface area contributed by atoms with Crippen molar-refractivity contribution in [2.45, 2.75) is 57.9 Å². The van der Waals surface area contributed by atoms with Crippen LogP contribution in [0.25, 0.3) is 0 Å². The van der Waals surface area contributed by atoms with Crippen molar-refractivity contribution in [2.24, 2.45) is 11.8 Å². The van der Waals surface area contributed by atoms with E-state index in [2.05, 4.69) is 21.3 Å². The summed E-state index contributed by atoms with van der Waals surface area (Å²) in [5.74, 6) is 2.51. The molecule has 1 saturated heterocycles. The zero-order valence-corrected chi connectivity index (χ0v) is 14.3. The predicted octanol–water partition coefficient (Wildman–Crippen LogP) is 3.65. The van der Waals surface area contributed by atoms with Crippen LogP contribution in [0.15, 0.2) is 12.4 Å². The zero-order chi connectivity index (χ0) is 14.3. The fourth-order valence-electron chi connectivity index (χ4n) is 3.61. The van der Waals surface area contributed by atoms with Crippen LogP contribution in [0.1, 0.15) is 51.4 Å². The minimum Gasteiger partial charge on any atom is -0.490 e. The largest absolute Gasteiger partial charge is 0.490 e. The summed E-state index contributed by atoms with van der Waals surface area (Å²) in [5, 5.41) is 7.87. The Kier molecular flexibility index (Phi) is 7.53. The van der Waals surface area contributed by atoms with Crippen molar-refractivity contribution in [3.8, 4) is 5.75 Å². The molecule has 5 heteroatoms. The molecule has 0 aromatic carbocycles. The van der Waals surface area contributed by atoms with E-state index in [9.17, 15) is 0 Å². The lowest BCUT2D eigenvalue weighted by Crippen LogP contribution is -2.32. The Hall–Kier alpha value is -0.740. The first-order valence-electron chi connectivity index (χ1n) is 8.76. The third-order valence-electron chi connectivity index (χ3n) is 4.99. The molecule has 1 N–H and O–H groups in total. The van der Waals surface area contributed by atoms with E-state index in [-0.39, 0.29) is 12.4 Å². The van der Waals surface area contributed by atoms with Crippen LogP contribution in [-0.4, -0.2) is 29.5 Å². The maximum Gasteiger partial charge on any atom is 0.157 e. The lowest BCUT2D eigenvalue weighted by Gasteiger charge is -2.22. The molecule has 2 fully saturated rings. The van der Waals surface area contributed by atoms with Crippen molar-refractivity contribution in [3.63, 3.8) is 0 Å². The highest BCUT2D eigenvalue weighted by molar-refractivity contribution is 5.85.